The summed E-state index contributed by atoms with van der Waals surface area (Å²) in [6, 6.07) is 4.53. The van der Waals surface area contributed by atoms with E-state index in [2.05, 4.69) is 16.7 Å². The first-order valence-electron chi connectivity index (χ1n) is 11.4. The van der Waals surface area contributed by atoms with E-state index in [-0.39, 0.29) is 17.5 Å². The van der Waals surface area contributed by atoms with Crippen LogP contribution in [0.5, 0.6) is 0 Å². The number of amides is 2. The van der Waals surface area contributed by atoms with Crippen molar-refractivity contribution in [1.29, 1.82) is 0 Å². The van der Waals surface area contributed by atoms with Crippen LogP contribution in [0.3, 0.4) is 0 Å². The van der Waals surface area contributed by atoms with E-state index >= 15 is 0 Å². The molecule has 1 heterocycles. The van der Waals surface area contributed by atoms with Crippen LogP contribution in [0.15, 0.2) is 40.8 Å². The Kier molecular flexibility index (Phi) is 8.81. The van der Waals surface area contributed by atoms with Gasteiger partial charge in [0.2, 0.25) is 10.0 Å². The zero-order valence-electron chi connectivity index (χ0n) is 18.3. The van der Waals surface area contributed by atoms with Gasteiger partial charge < -0.3 is 10.6 Å². The minimum absolute atomic E-state index is 0.0577. The molecular weight excluding hydrogens is 433 g/mol. The molecule has 1 aliphatic heterocycles. The zero-order valence-corrected chi connectivity index (χ0v) is 19.1. The highest BCUT2D eigenvalue weighted by Gasteiger charge is 2.33. The Hall–Kier alpha value is -2.26. The quantitative estimate of drug-likeness (QED) is 0.456. The van der Waals surface area contributed by atoms with Gasteiger partial charge in [-0.25, -0.2) is 12.8 Å². The number of benzene rings is 1. The predicted molar refractivity (Wildman–Crippen MR) is 120 cm³/mol. The van der Waals surface area contributed by atoms with Gasteiger partial charge in [0.05, 0.1) is 4.90 Å². The smallest absolute Gasteiger partial charge is 0.309 e. The summed E-state index contributed by atoms with van der Waals surface area (Å²) in [4.78, 5) is 24.2. The highest BCUT2D eigenvalue weighted by molar-refractivity contribution is 7.89. The summed E-state index contributed by atoms with van der Waals surface area (Å²) < 4.78 is 40.6. The molecule has 176 valence electrons. The molecule has 0 bridgehead atoms. The number of hydrogen-bond donors (Lipinski definition) is 2. The van der Waals surface area contributed by atoms with Crippen LogP contribution in [0.25, 0.3) is 0 Å². The van der Waals surface area contributed by atoms with Gasteiger partial charge in [-0.1, -0.05) is 18.1 Å². The van der Waals surface area contributed by atoms with Gasteiger partial charge in [-0.15, -0.1) is 0 Å². The first-order valence-corrected chi connectivity index (χ1v) is 12.8. The van der Waals surface area contributed by atoms with Gasteiger partial charge in [-0.3, -0.25) is 9.59 Å². The summed E-state index contributed by atoms with van der Waals surface area (Å²) in [5.74, 6) is -1.86. The van der Waals surface area contributed by atoms with E-state index in [1.165, 1.54) is 34.9 Å². The van der Waals surface area contributed by atoms with Gasteiger partial charge in [0.1, 0.15) is 5.82 Å². The molecule has 32 heavy (non-hydrogen) atoms. The van der Waals surface area contributed by atoms with Gasteiger partial charge in [0.15, 0.2) is 0 Å². The highest BCUT2D eigenvalue weighted by atomic mass is 32.2. The number of nitrogens with zero attached hydrogens (tertiary/aromatic N) is 1. The van der Waals surface area contributed by atoms with Crippen LogP contribution < -0.4 is 10.6 Å². The topological polar surface area (TPSA) is 95.6 Å². The molecule has 2 N–H and O–H groups in total. The van der Waals surface area contributed by atoms with Gasteiger partial charge in [-0.05, 0) is 75.6 Å². The molecule has 1 atom stereocenters. The molecule has 2 amide bonds. The number of halogens is 1. The van der Waals surface area contributed by atoms with Crippen LogP contribution >= 0.6 is 0 Å². The Morgan fingerprint density at radius 3 is 2.41 bits per heavy atom. The van der Waals surface area contributed by atoms with Gasteiger partial charge in [0, 0.05) is 25.7 Å². The maximum Gasteiger partial charge on any atom is 0.309 e. The van der Waals surface area contributed by atoms with E-state index < -0.39 is 27.7 Å². The second kappa shape index (κ2) is 11.6. The summed E-state index contributed by atoms with van der Waals surface area (Å²) in [7, 11) is -3.75. The second-order valence-electron chi connectivity index (χ2n) is 8.38. The molecule has 7 nitrogen and oxygen atoms in total. The molecule has 1 unspecified atom stereocenters. The molecule has 0 aromatic heterocycles. The summed E-state index contributed by atoms with van der Waals surface area (Å²) >= 11 is 0. The van der Waals surface area contributed by atoms with Crippen LogP contribution in [-0.4, -0.2) is 50.2 Å². The van der Waals surface area contributed by atoms with Crippen molar-refractivity contribution in [3.8, 4) is 0 Å². The Bertz CT molecular complexity index is 931. The Morgan fingerprint density at radius 2 is 1.72 bits per heavy atom. The number of nitrogens with one attached hydrogen (secondary N) is 2. The molecule has 9 heteroatoms. The number of carbonyl (C=O) groups is 2. The summed E-state index contributed by atoms with van der Waals surface area (Å²) in [5.41, 5.74) is 1.33. The van der Waals surface area contributed by atoms with E-state index in [1.54, 1.807) is 0 Å². The molecule has 1 aromatic carbocycles. The fourth-order valence-electron chi connectivity index (χ4n) is 4.30. The van der Waals surface area contributed by atoms with E-state index in [4.69, 9.17) is 0 Å². The third kappa shape index (κ3) is 6.62. The Labute approximate surface area is 189 Å². The summed E-state index contributed by atoms with van der Waals surface area (Å²) in [5, 5.41) is 5.25. The third-order valence-corrected chi connectivity index (χ3v) is 8.05. The lowest BCUT2D eigenvalue weighted by molar-refractivity contribution is -0.139. The first-order chi connectivity index (χ1) is 15.4. The Balaban J connectivity index is 1.46. The van der Waals surface area contributed by atoms with E-state index in [0.29, 0.717) is 25.9 Å². The fourth-order valence-corrected chi connectivity index (χ4v) is 6.03. The van der Waals surface area contributed by atoms with Gasteiger partial charge in [0.25, 0.3) is 0 Å². The van der Waals surface area contributed by atoms with Crippen LogP contribution in [0.1, 0.15) is 57.8 Å². The lowest BCUT2D eigenvalue weighted by Crippen LogP contribution is -2.46. The molecule has 0 saturated carbocycles. The van der Waals surface area contributed by atoms with E-state index in [1.807, 2.05) is 0 Å². The van der Waals surface area contributed by atoms with Crippen molar-refractivity contribution in [3.05, 3.63) is 41.7 Å². The number of piperidine rings is 1. The fraction of sp³-hybridized carbons (Fsp3) is 0.565. The minimum Gasteiger partial charge on any atom is -0.348 e. The molecule has 1 aromatic rings. The molecule has 0 radical (unpaired) electrons. The first kappa shape index (κ1) is 24.4. The summed E-state index contributed by atoms with van der Waals surface area (Å²) in [6.45, 7) is 1.02. The maximum atomic E-state index is 13.2. The number of sulfonamides is 1. The van der Waals surface area contributed by atoms with E-state index in [9.17, 15) is 22.4 Å². The molecule has 3 rings (SSSR count). The normalized spacial score (nSPS) is 19.8. The summed E-state index contributed by atoms with van der Waals surface area (Å²) in [6.07, 6.45) is 10.2. The van der Waals surface area contributed by atoms with Crippen molar-refractivity contribution in [3.63, 3.8) is 0 Å². The van der Waals surface area contributed by atoms with Gasteiger partial charge in [-0.2, -0.15) is 4.31 Å². The number of allylic oxidation sites excluding steroid dienone is 1. The van der Waals surface area contributed by atoms with Crippen LogP contribution in [0.4, 0.5) is 4.39 Å². The van der Waals surface area contributed by atoms with Crippen molar-refractivity contribution >= 4 is 21.8 Å². The van der Waals surface area contributed by atoms with E-state index in [0.717, 1.165) is 44.2 Å². The van der Waals surface area contributed by atoms with Crippen molar-refractivity contribution in [1.82, 2.24) is 14.9 Å². The average Bonchev–Trinajstić information content (AvgIpc) is 2.80. The van der Waals surface area contributed by atoms with Crippen LogP contribution in [-0.2, 0) is 19.6 Å². The van der Waals surface area contributed by atoms with Crippen LogP contribution in [0, 0.1) is 5.82 Å². The molecule has 1 aliphatic carbocycles. The lowest BCUT2D eigenvalue weighted by Gasteiger charge is -2.34. The zero-order chi connectivity index (χ0) is 23.0. The van der Waals surface area contributed by atoms with Gasteiger partial charge >= 0.3 is 11.8 Å². The van der Waals surface area contributed by atoms with Crippen molar-refractivity contribution in [2.45, 2.75) is 68.7 Å². The molecule has 1 saturated heterocycles. The van der Waals surface area contributed by atoms with Crippen LogP contribution in [0.2, 0.25) is 0 Å². The largest absolute Gasteiger partial charge is 0.348 e. The SMILES string of the molecule is O=C(NCCC1=CCCCC1)C(=O)NCCC1CCCCN1S(=O)(=O)c1ccc(F)cc1. The highest BCUT2D eigenvalue weighted by Crippen LogP contribution is 2.27. The monoisotopic (exact) mass is 465 g/mol. The minimum atomic E-state index is -3.75. The molecule has 2 aliphatic rings. The third-order valence-electron chi connectivity index (χ3n) is 6.08. The predicted octanol–water partition coefficient (Wildman–Crippen LogP) is 2.88. The molecule has 0 spiro atoms. The average molecular weight is 466 g/mol. The molecule has 1 fully saturated rings. The van der Waals surface area contributed by atoms with Crippen molar-refractivity contribution < 1.29 is 22.4 Å². The number of hydrogen-bond acceptors (Lipinski definition) is 4. The standard InChI is InChI=1S/C23H32FN3O4S/c24-19-9-11-21(12-10-19)32(30,31)27-17-5-4-8-20(27)14-16-26-23(29)22(28)25-15-13-18-6-2-1-3-7-18/h6,9-12,20H,1-5,7-8,13-17H2,(H,25,28)(H,26,29). The lowest BCUT2D eigenvalue weighted by atomic mass is 9.97. The number of rotatable bonds is 8. The molecular formula is C23H32FN3O4S. The van der Waals surface area contributed by atoms with Crippen molar-refractivity contribution in [2.75, 3.05) is 19.6 Å². The maximum absolute atomic E-state index is 13.2. The van der Waals surface area contributed by atoms with Crippen molar-refractivity contribution in [2.24, 2.45) is 0 Å². The number of carbonyl (C=O) groups excluding carboxylic acids is 2. The second-order valence-corrected chi connectivity index (χ2v) is 10.3. The Morgan fingerprint density at radius 1 is 1.00 bits per heavy atom.